The zero-order valence-electron chi connectivity index (χ0n) is 10.3. The Hall–Kier alpha value is -2.17. The quantitative estimate of drug-likeness (QED) is 0.758. The predicted octanol–water partition coefficient (Wildman–Crippen LogP) is 1.33. The summed E-state index contributed by atoms with van der Waals surface area (Å²) in [6.45, 7) is 3.87. The van der Waals surface area contributed by atoms with Crippen LogP contribution in [0.1, 0.15) is 23.1 Å². The zero-order chi connectivity index (χ0) is 12.9. The number of aryl methyl sites for hydroxylation is 1. The second kappa shape index (κ2) is 3.66. The molecule has 18 heavy (non-hydrogen) atoms. The van der Waals surface area contributed by atoms with Crippen molar-refractivity contribution in [3.63, 3.8) is 0 Å². The summed E-state index contributed by atoms with van der Waals surface area (Å²) in [5.74, 6) is 0.140. The van der Waals surface area contributed by atoms with Crippen molar-refractivity contribution in [2.75, 3.05) is 11.9 Å². The summed E-state index contributed by atoms with van der Waals surface area (Å²) in [5, 5.41) is 3.79. The van der Waals surface area contributed by atoms with Gasteiger partial charge in [-0.05, 0) is 31.0 Å². The number of carbonyl (C=O) groups excluding carboxylic acids is 1. The number of anilines is 1. The largest absolute Gasteiger partial charge is 0.384 e. The second-order valence-electron chi connectivity index (χ2n) is 4.48. The fourth-order valence-electron chi connectivity index (χ4n) is 2.57. The van der Waals surface area contributed by atoms with Gasteiger partial charge in [-0.15, -0.1) is 0 Å². The van der Waals surface area contributed by atoms with Gasteiger partial charge in [0.25, 0.3) is 5.56 Å². The van der Waals surface area contributed by atoms with E-state index < -0.39 is 0 Å². The molecule has 92 valence electrons. The minimum atomic E-state index is -0.296. The molecule has 1 aromatic heterocycles. The average Bonchev–Trinajstić information content (AvgIpc) is 2.75. The highest BCUT2D eigenvalue weighted by Crippen LogP contribution is 2.27. The van der Waals surface area contributed by atoms with Gasteiger partial charge in [-0.2, -0.15) is 0 Å². The van der Waals surface area contributed by atoms with E-state index in [1.165, 1.54) is 6.92 Å². The topological polar surface area (TPSA) is 64.0 Å². The third-order valence-corrected chi connectivity index (χ3v) is 3.32. The molecule has 0 amide bonds. The van der Waals surface area contributed by atoms with E-state index in [1.807, 2.05) is 12.1 Å². The maximum atomic E-state index is 12.4. The normalized spacial score (nSPS) is 13.4. The summed E-state index contributed by atoms with van der Waals surface area (Å²) in [6.07, 6.45) is 0.796. The molecule has 0 spiro atoms. The molecule has 1 aliphatic rings. The molecule has 1 aromatic carbocycles. The van der Waals surface area contributed by atoms with Crippen LogP contribution >= 0.6 is 0 Å². The van der Waals surface area contributed by atoms with Crippen molar-refractivity contribution >= 4 is 22.5 Å². The fourth-order valence-corrected chi connectivity index (χ4v) is 2.57. The van der Waals surface area contributed by atoms with E-state index in [9.17, 15) is 9.59 Å². The molecule has 3 rings (SSSR count). The summed E-state index contributed by atoms with van der Waals surface area (Å²) in [7, 11) is 0. The molecule has 0 fully saturated rings. The van der Waals surface area contributed by atoms with Gasteiger partial charge in [-0.1, -0.05) is 0 Å². The molecule has 0 radical (unpaired) electrons. The lowest BCUT2D eigenvalue weighted by Crippen LogP contribution is -2.28. The van der Waals surface area contributed by atoms with Crippen LogP contribution in [0.2, 0.25) is 0 Å². The molecular formula is C13H13N3O2. The number of aromatic nitrogens is 2. The van der Waals surface area contributed by atoms with E-state index in [-0.39, 0.29) is 11.5 Å². The van der Waals surface area contributed by atoms with Crippen molar-refractivity contribution in [1.82, 2.24) is 9.55 Å². The number of hydrogen-bond donors (Lipinski definition) is 1. The molecule has 2 aromatic rings. The first-order valence-electron chi connectivity index (χ1n) is 5.89. The van der Waals surface area contributed by atoms with E-state index in [1.54, 1.807) is 6.92 Å². The van der Waals surface area contributed by atoms with Gasteiger partial charge in [0, 0.05) is 19.2 Å². The molecule has 0 saturated carbocycles. The average molecular weight is 243 g/mol. The summed E-state index contributed by atoms with van der Waals surface area (Å²) in [5.41, 5.74) is 2.35. The summed E-state index contributed by atoms with van der Waals surface area (Å²) in [6, 6.07) is 3.76. The first-order valence-corrected chi connectivity index (χ1v) is 5.89. The number of benzene rings is 1. The van der Waals surface area contributed by atoms with Crippen molar-refractivity contribution in [2.45, 2.75) is 20.3 Å². The Kier molecular flexibility index (Phi) is 2.23. The number of rotatable bonds is 0. The molecule has 1 aliphatic heterocycles. The minimum Gasteiger partial charge on any atom is -0.384 e. The van der Waals surface area contributed by atoms with Crippen molar-refractivity contribution in [3.05, 3.63) is 33.9 Å². The van der Waals surface area contributed by atoms with Crippen LogP contribution in [0.15, 0.2) is 16.9 Å². The number of nitrogens with one attached hydrogen (secondary N) is 1. The molecule has 0 atom stereocenters. The van der Waals surface area contributed by atoms with Gasteiger partial charge in [0.2, 0.25) is 5.91 Å². The van der Waals surface area contributed by atoms with E-state index in [0.717, 1.165) is 28.8 Å². The van der Waals surface area contributed by atoms with E-state index in [4.69, 9.17) is 0 Å². The standard InChI is InChI=1S/C13H13N3O2/c1-7-15-11-4-3-10-9(5-6-14-10)12(11)13(18)16(7)8(2)17/h3-4,14H,5-6H2,1-2H3. The zero-order valence-corrected chi connectivity index (χ0v) is 10.3. The van der Waals surface area contributed by atoms with Crippen molar-refractivity contribution in [2.24, 2.45) is 0 Å². The molecule has 0 bridgehead atoms. The van der Waals surface area contributed by atoms with Gasteiger partial charge in [0.05, 0.1) is 10.9 Å². The molecule has 0 saturated heterocycles. The lowest BCUT2D eigenvalue weighted by Gasteiger charge is -2.09. The van der Waals surface area contributed by atoms with Gasteiger partial charge in [0.1, 0.15) is 5.82 Å². The Balaban J connectivity index is 2.50. The third kappa shape index (κ3) is 1.37. The number of carbonyl (C=O) groups is 1. The SMILES string of the molecule is CC(=O)n1c(C)nc2ccc3c(c2c1=O)CCN3. The Morgan fingerprint density at radius 2 is 2.22 bits per heavy atom. The van der Waals surface area contributed by atoms with Crippen LogP contribution in [0.4, 0.5) is 5.69 Å². The number of fused-ring (bicyclic) bond motifs is 3. The first-order chi connectivity index (χ1) is 8.59. The van der Waals surface area contributed by atoms with E-state index >= 15 is 0 Å². The van der Waals surface area contributed by atoms with Crippen LogP contribution < -0.4 is 10.9 Å². The Labute approximate surface area is 103 Å². The second-order valence-corrected chi connectivity index (χ2v) is 4.48. The molecule has 5 heteroatoms. The third-order valence-electron chi connectivity index (χ3n) is 3.32. The Morgan fingerprint density at radius 3 is 2.94 bits per heavy atom. The van der Waals surface area contributed by atoms with Crippen molar-refractivity contribution in [1.29, 1.82) is 0 Å². The highest BCUT2D eigenvalue weighted by atomic mass is 16.2. The van der Waals surface area contributed by atoms with E-state index in [0.29, 0.717) is 16.7 Å². The van der Waals surface area contributed by atoms with Crippen LogP contribution in [-0.2, 0) is 6.42 Å². The van der Waals surface area contributed by atoms with Gasteiger partial charge in [-0.3, -0.25) is 9.59 Å². The Bertz CT molecular complexity index is 731. The highest BCUT2D eigenvalue weighted by molar-refractivity contribution is 5.90. The van der Waals surface area contributed by atoms with Crippen LogP contribution in [-0.4, -0.2) is 22.0 Å². The number of hydrogen-bond acceptors (Lipinski definition) is 4. The van der Waals surface area contributed by atoms with E-state index in [2.05, 4.69) is 10.3 Å². The molecule has 0 unspecified atom stereocenters. The van der Waals surface area contributed by atoms with Crippen LogP contribution in [0, 0.1) is 6.92 Å². The first kappa shape index (κ1) is 11.0. The highest BCUT2D eigenvalue weighted by Gasteiger charge is 2.19. The van der Waals surface area contributed by atoms with Crippen molar-refractivity contribution in [3.8, 4) is 0 Å². The predicted molar refractivity (Wildman–Crippen MR) is 69.2 cm³/mol. The summed E-state index contributed by atoms with van der Waals surface area (Å²) in [4.78, 5) is 28.3. The molecule has 1 N–H and O–H groups in total. The molecular weight excluding hydrogens is 230 g/mol. The number of nitrogens with zero attached hydrogens (tertiary/aromatic N) is 2. The maximum Gasteiger partial charge on any atom is 0.268 e. The Morgan fingerprint density at radius 1 is 1.44 bits per heavy atom. The molecule has 0 aliphatic carbocycles. The summed E-state index contributed by atoms with van der Waals surface area (Å²) < 4.78 is 1.14. The minimum absolute atomic E-state index is 0.259. The maximum absolute atomic E-state index is 12.4. The van der Waals surface area contributed by atoms with Gasteiger partial charge >= 0.3 is 0 Å². The van der Waals surface area contributed by atoms with Crippen LogP contribution in [0.25, 0.3) is 10.9 Å². The lowest BCUT2D eigenvalue weighted by molar-refractivity contribution is 0.0929. The summed E-state index contributed by atoms with van der Waals surface area (Å²) >= 11 is 0. The molecule has 5 nitrogen and oxygen atoms in total. The van der Waals surface area contributed by atoms with Gasteiger partial charge in [0.15, 0.2) is 0 Å². The fraction of sp³-hybridized carbons (Fsp3) is 0.308. The van der Waals surface area contributed by atoms with Crippen LogP contribution in [0.5, 0.6) is 0 Å². The van der Waals surface area contributed by atoms with Gasteiger partial charge in [-0.25, -0.2) is 9.55 Å². The van der Waals surface area contributed by atoms with Crippen molar-refractivity contribution < 1.29 is 4.79 Å². The smallest absolute Gasteiger partial charge is 0.268 e. The van der Waals surface area contributed by atoms with Gasteiger partial charge < -0.3 is 5.32 Å². The monoisotopic (exact) mass is 243 g/mol. The van der Waals surface area contributed by atoms with Crippen LogP contribution in [0.3, 0.4) is 0 Å². The molecule has 2 heterocycles. The lowest BCUT2D eigenvalue weighted by atomic mass is 10.1.